The lowest BCUT2D eigenvalue weighted by molar-refractivity contribution is -0.122. The number of benzene rings is 1. The van der Waals surface area contributed by atoms with E-state index in [1.54, 1.807) is 17.8 Å². The van der Waals surface area contributed by atoms with Crippen molar-refractivity contribution in [2.75, 3.05) is 6.54 Å². The van der Waals surface area contributed by atoms with E-state index in [9.17, 15) is 9.18 Å². The van der Waals surface area contributed by atoms with Crippen LogP contribution >= 0.6 is 11.8 Å². The van der Waals surface area contributed by atoms with Gasteiger partial charge in [0.05, 0.1) is 0 Å². The summed E-state index contributed by atoms with van der Waals surface area (Å²) in [6, 6.07) is 8.80. The van der Waals surface area contributed by atoms with Crippen molar-refractivity contribution in [3.63, 3.8) is 0 Å². The van der Waals surface area contributed by atoms with Crippen LogP contribution in [0.25, 0.3) is 5.65 Å². The van der Waals surface area contributed by atoms with Crippen LogP contribution in [0.5, 0.6) is 0 Å². The molecule has 0 aliphatic heterocycles. The zero-order valence-corrected chi connectivity index (χ0v) is 17.0. The maximum atomic E-state index is 13.9. The number of hydrogen-bond donors (Lipinski definition) is 1. The lowest BCUT2D eigenvalue weighted by Gasteiger charge is -2.11. The molecule has 0 bridgehead atoms. The molecule has 0 radical (unpaired) electrons. The highest BCUT2D eigenvalue weighted by Crippen LogP contribution is 2.51. The summed E-state index contributed by atoms with van der Waals surface area (Å²) >= 11 is 1.58. The van der Waals surface area contributed by atoms with Crippen LogP contribution in [0.4, 0.5) is 4.39 Å². The molecule has 0 spiro atoms. The third kappa shape index (κ3) is 3.63. The van der Waals surface area contributed by atoms with Gasteiger partial charge in [-0.1, -0.05) is 25.6 Å². The molecule has 28 heavy (non-hydrogen) atoms. The molecule has 1 saturated carbocycles. The molecule has 0 saturated heterocycles. The fourth-order valence-corrected chi connectivity index (χ4v) is 4.52. The second kappa shape index (κ2) is 7.54. The predicted molar refractivity (Wildman–Crippen MR) is 107 cm³/mol. The summed E-state index contributed by atoms with van der Waals surface area (Å²) in [6.07, 6.45) is 2.79. The number of rotatable bonds is 6. The Labute approximate surface area is 167 Å². The number of amides is 1. The monoisotopic (exact) mass is 398 g/mol. The molecule has 1 aliphatic carbocycles. The van der Waals surface area contributed by atoms with Crippen molar-refractivity contribution in [1.29, 1.82) is 0 Å². The van der Waals surface area contributed by atoms with Crippen molar-refractivity contribution in [2.45, 2.75) is 48.8 Å². The normalized spacial score (nSPS) is 18.6. The maximum absolute atomic E-state index is 13.9. The van der Waals surface area contributed by atoms with Gasteiger partial charge in [-0.2, -0.15) is 0 Å². The van der Waals surface area contributed by atoms with Gasteiger partial charge in [-0.3, -0.25) is 9.20 Å². The molecular weight excluding hydrogens is 375 g/mol. The fraction of sp³-hybridized carbons (Fsp3) is 0.381. The second-order valence-corrected chi connectivity index (χ2v) is 8.55. The summed E-state index contributed by atoms with van der Waals surface area (Å²) in [5, 5.41) is 11.3. The number of hydrogen-bond acceptors (Lipinski definition) is 4. The van der Waals surface area contributed by atoms with Gasteiger partial charge in [0, 0.05) is 34.4 Å². The van der Waals surface area contributed by atoms with Gasteiger partial charge in [-0.15, -0.1) is 10.2 Å². The van der Waals surface area contributed by atoms with E-state index < -0.39 is 0 Å². The van der Waals surface area contributed by atoms with Gasteiger partial charge in [-0.25, -0.2) is 4.39 Å². The van der Waals surface area contributed by atoms with Gasteiger partial charge in [0.15, 0.2) is 5.65 Å². The molecular formula is C21H23FN4OS. The summed E-state index contributed by atoms with van der Waals surface area (Å²) in [5.74, 6) is 0.984. The van der Waals surface area contributed by atoms with Crippen LogP contribution in [-0.2, 0) is 4.79 Å². The minimum Gasteiger partial charge on any atom is -0.356 e. The Morgan fingerprint density at radius 1 is 1.32 bits per heavy atom. The molecule has 5 nitrogen and oxygen atoms in total. The zero-order valence-electron chi connectivity index (χ0n) is 16.1. The van der Waals surface area contributed by atoms with E-state index in [2.05, 4.69) is 29.4 Å². The number of carbonyl (C=O) groups is 1. The van der Waals surface area contributed by atoms with Gasteiger partial charge in [0.2, 0.25) is 5.91 Å². The number of nitrogens with zero attached hydrogens (tertiary/aromatic N) is 3. The first kappa shape index (κ1) is 18.9. The summed E-state index contributed by atoms with van der Waals surface area (Å²) in [5.41, 5.74) is 1.72. The molecule has 1 aromatic carbocycles. The molecule has 1 fully saturated rings. The van der Waals surface area contributed by atoms with Gasteiger partial charge in [0.1, 0.15) is 11.6 Å². The average Bonchev–Trinajstić information content (AvgIpc) is 3.35. The molecule has 146 valence electrons. The van der Waals surface area contributed by atoms with Crippen LogP contribution in [0.15, 0.2) is 46.3 Å². The van der Waals surface area contributed by atoms with E-state index in [1.807, 2.05) is 35.7 Å². The molecule has 7 heteroatoms. The molecule has 1 amide bonds. The quantitative estimate of drug-likeness (QED) is 0.669. The molecule has 3 aromatic rings. The summed E-state index contributed by atoms with van der Waals surface area (Å²) in [6.45, 7) is 6.70. The largest absolute Gasteiger partial charge is 0.356 e. The maximum Gasteiger partial charge on any atom is 0.223 e. The highest BCUT2D eigenvalue weighted by Gasteiger charge is 2.44. The smallest absolute Gasteiger partial charge is 0.223 e. The number of fused-ring (bicyclic) bond motifs is 1. The molecule has 2 aromatic heterocycles. The first-order chi connectivity index (χ1) is 13.5. The Kier molecular flexibility index (Phi) is 5.10. The Hall–Kier alpha value is -2.41. The van der Waals surface area contributed by atoms with E-state index in [4.69, 9.17) is 0 Å². The van der Waals surface area contributed by atoms with Crippen molar-refractivity contribution in [2.24, 2.45) is 5.92 Å². The molecule has 4 rings (SSSR count). The summed E-state index contributed by atoms with van der Waals surface area (Å²) in [4.78, 5) is 14.1. The van der Waals surface area contributed by atoms with Crippen LogP contribution in [0, 0.1) is 11.7 Å². The van der Waals surface area contributed by atoms with Crippen molar-refractivity contribution in [1.82, 2.24) is 19.9 Å². The Balaban J connectivity index is 1.63. The topological polar surface area (TPSA) is 59.3 Å². The van der Waals surface area contributed by atoms with Crippen LogP contribution in [0.3, 0.4) is 0 Å². The SMILES string of the molecule is CCNC(=O)C1CC1c1cc(F)ccc1Sc1ccc2nnc(C(C)C)n2c1. The third-order valence-corrected chi connectivity index (χ3v) is 6.06. The first-order valence-electron chi connectivity index (χ1n) is 9.57. The van der Waals surface area contributed by atoms with Gasteiger partial charge < -0.3 is 5.32 Å². The highest BCUT2D eigenvalue weighted by molar-refractivity contribution is 7.99. The molecule has 2 heterocycles. The minimum absolute atomic E-state index is 0.0557. The lowest BCUT2D eigenvalue weighted by atomic mass is 10.1. The Bertz CT molecular complexity index is 1030. The predicted octanol–water partition coefficient (Wildman–Crippen LogP) is 4.38. The van der Waals surface area contributed by atoms with Gasteiger partial charge in [-0.05, 0) is 55.2 Å². The summed E-state index contributed by atoms with van der Waals surface area (Å²) in [7, 11) is 0. The number of carbonyl (C=O) groups excluding carboxylic acids is 1. The van der Waals surface area contributed by atoms with Gasteiger partial charge >= 0.3 is 0 Å². The zero-order chi connectivity index (χ0) is 19.8. The number of aromatic nitrogens is 3. The van der Waals surface area contributed by atoms with E-state index in [1.165, 1.54) is 6.07 Å². The molecule has 1 aliphatic rings. The fourth-order valence-electron chi connectivity index (χ4n) is 3.51. The molecule has 2 atom stereocenters. The minimum atomic E-state index is -0.266. The van der Waals surface area contributed by atoms with Crippen LogP contribution in [-0.4, -0.2) is 27.0 Å². The van der Waals surface area contributed by atoms with E-state index >= 15 is 0 Å². The van der Waals surface area contributed by atoms with Crippen molar-refractivity contribution >= 4 is 23.3 Å². The van der Waals surface area contributed by atoms with Crippen molar-refractivity contribution in [3.8, 4) is 0 Å². The van der Waals surface area contributed by atoms with E-state index in [0.717, 1.165) is 33.2 Å². The van der Waals surface area contributed by atoms with E-state index in [-0.39, 0.29) is 29.5 Å². The average molecular weight is 399 g/mol. The number of halogens is 1. The van der Waals surface area contributed by atoms with Crippen LogP contribution in [0.1, 0.15) is 50.4 Å². The number of nitrogens with one attached hydrogen (secondary N) is 1. The van der Waals surface area contributed by atoms with Crippen molar-refractivity contribution in [3.05, 3.63) is 53.7 Å². The highest BCUT2D eigenvalue weighted by atomic mass is 32.2. The molecule has 1 N–H and O–H groups in total. The standard InChI is InChI=1S/C21H23FN4OS/c1-4-23-21(27)17-10-15(17)16-9-13(22)5-7-18(16)28-14-6-8-19-24-25-20(12(2)3)26(19)11-14/h5-9,11-12,15,17H,4,10H2,1-3H3,(H,23,27). The second-order valence-electron chi connectivity index (χ2n) is 7.43. The van der Waals surface area contributed by atoms with E-state index in [0.29, 0.717) is 6.54 Å². The first-order valence-corrected chi connectivity index (χ1v) is 10.4. The molecule has 2 unspecified atom stereocenters. The lowest BCUT2D eigenvalue weighted by Crippen LogP contribution is -2.24. The Morgan fingerprint density at radius 3 is 2.89 bits per heavy atom. The van der Waals surface area contributed by atoms with Crippen molar-refractivity contribution < 1.29 is 9.18 Å². The Morgan fingerprint density at radius 2 is 2.14 bits per heavy atom. The van der Waals surface area contributed by atoms with Crippen LogP contribution in [0.2, 0.25) is 0 Å². The van der Waals surface area contributed by atoms with Crippen LogP contribution < -0.4 is 5.32 Å². The van der Waals surface area contributed by atoms with Gasteiger partial charge in [0.25, 0.3) is 0 Å². The third-order valence-electron chi connectivity index (χ3n) is 5.00. The summed E-state index contributed by atoms with van der Waals surface area (Å²) < 4.78 is 15.9. The number of pyridine rings is 1.